The molecule has 0 rings (SSSR count). The maximum absolute atomic E-state index is 11.4. The van der Waals surface area contributed by atoms with Gasteiger partial charge in [-0.2, -0.15) is 0 Å². The smallest absolute Gasteiger partial charge is 0.0445 e. The van der Waals surface area contributed by atoms with E-state index in [1.807, 2.05) is 0 Å². The predicted octanol–water partition coefficient (Wildman–Crippen LogP) is 6.27. The van der Waals surface area contributed by atoms with E-state index in [0.29, 0.717) is 5.92 Å². The van der Waals surface area contributed by atoms with E-state index in [1.165, 1.54) is 77.0 Å². The Bertz CT molecular complexity index is 275. The summed E-state index contributed by atoms with van der Waals surface area (Å²) in [7, 11) is 0. The summed E-state index contributed by atoms with van der Waals surface area (Å²) in [6.45, 7) is 6.65. The van der Waals surface area contributed by atoms with Gasteiger partial charge in [-0.05, 0) is 24.7 Å². The standard InChI is InChI=1S/C22H44O2/c1-4-7-9-10-11-12-13-14-15-16-18-21(22(23)24)19-20(6-3)17-8-5-2/h20-21H,4-19H2,1-3H3,(H,23,24)/p-1. The number of hydrogen-bond acceptors (Lipinski definition) is 2. The van der Waals surface area contributed by atoms with Gasteiger partial charge in [-0.3, -0.25) is 0 Å². The molecular weight excluding hydrogens is 296 g/mol. The van der Waals surface area contributed by atoms with Gasteiger partial charge in [-0.1, -0.05) is 111 Å². The third-order valence-electron chi connectivity index (χ3n) is 5.40. The van der Waals surface area contributed by atoms with Gasteiger partial charge in [0.05, 0.1) is 0 Å². The number of carbonyl (C=O) groups excluding carboxylic acids is 1. The van der Waals surface area contributed by atoms with E-state index < -0.39 is 5.97 Å². The first kappa shape index (κ1) is 23.5. The number of unbranched alkanes of at least 4 members (excludes halogenated alkanes) is 10. The van der Waals surface area contributed by atoms with Gasteiger partial charge in [0.15, 0.2) is 0 Å². The van der Waals surface area contributed by atoms with Crippen LogP contribution in [-0.4, -0.2) is 5.97 Å². The van der Waals surface area contributed by atoms with E-state index in [0.717, 1.165) is 25.7 Å². The van der Waals surface area contributed by atoms with Crippen LogP contribution < -0.4 is 5.11 Å². The number of carbonyl (C=O) groups is 1. The highest BCUT2D eigenvalue weighted by Crippen LogP contribution is 2.25. The molecule has 0 aliphatic carbocycles. The Morgan fingerprint density at radius 3 is 1.67 bits per heavy atom. The van der Waals surface area contributed by atoms with Crippen LogP contribution in [0.3, 0.4) is 0 Å². The van der Waals surface area contributed by atoms with Crippen molar-refractivity contribution in [3.05, 3.63) is 0 Å². The molecule has 0 N–H and O–H groups in total. The lowest BCUT2D eigenvalue weighted by atomic mass is 9.86. The first-order valence-electron chi connectivity index (χ1n) is 10.9. The molecule has 0 radical (unpaired) electrons. The van der Waals surface area contributed by atoms with Gasteiger partial charge in [-0.15, -0.1) is 0 Å². The van der Waals surface area contributed by atoms with Crippen molar-refractivity contribution in [1.82, 2.24) is 0 Å². The summed E-state index contributed by atoms with van der Waals surface area (Å²) in [5.41, 5.74) is 0. The Morgan fingerprint density at radius 2 is 1.21 bits per heavy atom. The molecule has 0 bridgehead atoms. The maximum atomic E-state index is 11.4. The highest BCUT2D eigenvalue weighted by Gasteiger charge is 2.16. The van der Waals surface area contributed by atoms with Gasteiger partial charge >= 0.3 is 0 Å². The molecule has 0 aromatic heterocycles. The number of carboxylic acid groups (broad SMARTS) is 1. The Labute approximate surface area is 151 Å². The average Bonchev–Trinajstić information content (AvgIpc) is 2.58. The molecule has 0 aromatic rings. The van der Waals surface area contributed by atoms with E-state index in [2.05, 4.69) is 20.8 Å². The molecule has 0 aliphatic rings. The van der Waals surface area contributed by atoms with E-state index in [4.69, 9.17) is 0 Å². The highest BCUT2D eigenvalue weighted by atomic mass is 16.4. The van der Waals surface area contributed by atoms with Gasteiger partial charge in [0.1, 0.15) is 0 Å². The lowest BCUT2D eigenvalue weighted by Gasteiger charge is -2.23. The molecule has 0 aromatic carbocycles. The SMILES string of the molecule is CCCCCCCCCCCCC(CC(CC)CCCC)C(=O)[O-]. The van der Waals surface area contributed by atoms with Crippen molar-refractivity contribution in [2.75, 3.05) is 0 Å². The first-order chi connectivity index (χ1) is 11.7. The molecule has 2 atom stereocenters. The minimum absolute atomic E-state index is 0.221. The summed E-state index contributed by atoms with van der Waals surface area (Å²) in [6, 6.07) is 0. The molecule has 0 fully saturated rings. The third-order valence-corrected chi connectivity index (χ3v) is 5.40. The van der Waals surface area contributed by atoms with Crippen molar-refractivity contribution >= 4 is 5.97 Å². The van der Waals surface area contributed by atoms with Gasteiger partial charge in [-0.25, -0.2) is 0 Å². The quantitative estimate of drug-likeness (QED) is 0.276. The van der Waals surface area contributed by atoms with Crippen molar-refractivity contribution in [2.45, 2.75) is 124 Å². The lowest BCUT2D eigenvalue weighted by Crippen LogP contribution is -2.32. The maximum Gasteiger partial charge on any atom is 0.0445 e. The first-order valence-corrected chi connectivity index (χ1v) is 10.9. The molecule has 0 saturated carbocycles. The fraction of sp³-hybridized carbons (Fsp3) is 0.955. The normalized spacial score (nSPS) is 13.8. The van der Waals surface area contributed by atoms with Crippen LogP contribution in [0.4, 0.5) is 0 Å². The average molecular weight is 340 g/mol. The van der Waals surface area contributed by atoms with Crippen molar-refractivity contribution < 1.29 is 9.90 Å². The van der Waals surface area contributed by atoms with Crippen LogP contribution in [0.15, 0.2) is 0 Å². The van der Waals surface area contributed by atoms with Crippen molar-refractivity contribution in [3.8, 4) is 0 Å². The molecule has 2 nitrogen and oxygen atoms in total. The van der Waals surface area contributed by atoms with E-state index in [1.54, 1.807) is 0 Å². The second-order valence-electron chi connectivity index (χ2n) is 7.64. The van der Waals surface area contributed by atoms with E-state index in [-0.39, 0.29) is 5.92 Å². The molecule has 0 saturated heterocycles. The summed E-state index contributed by atoms with van der Waals surface area (Å²) < 4.78 is 0. The molecule has 144 valence electrons. The van der Waals surface area contributed by atoms with Crippen LogP contribution in [-0.2, 0) is 4.79 Å². The zero-order valence-electron chi connectivity index (χ0n) is 16.8. The molecule has 0 heterocycles. The Hall–Kier alpha value is -0.530. The molecular formula is C22H43O2-. The summed E-state index contributed by atoms with van der Waals surface area (Å²) in [6.07, 6.45) is 19.4. The van der Waals surface area contributed by atoms with Crippen LogP contribution in [0, 0.1) is 11.8 Å². The van der Waals surface area contributed by atoms with Crippen LogP contribution in [0.1, 0.15) is 124 Å². The fourth-order valence-electron chi connectivity index (χ4n) is 3.59. The number of rotatable bonds is 18. The molecule has 0 aliphatic heterocycles. The third kappa shape index (κ3) is 13.9. The molecule has 2 unspecified atom stereocenters. The second kappa shape index (κ2) is 17.3. The second-order valence-corrected chi connectivity index (χ2v) is 7.64. The summed E-state index contributed by atoms with van der Waals surface area (Å²) >= 11 is 0. The molecule has 2 heteroatoms. The van der Waals surface area contributed by atoms with Crippen molar-refractivity contribution in [2.24, 2.45) is 11.8 Å². The monoisotopic (exact) mass is 339 g/mol. The number of carboxylic acids is 1. The van der Waals surface area contributed by atoms with Crippen molar-refractivity contribution in [3.63, 3.8) is 0 Å². The summed E-state index contributed by atoms with van der Waals surface area (Å²) in [5, 5.41) is 11.4. The van der Waals surface area contributed by atoms with Gasteiger partial charge in [0.25, 0.3) is 0 Å². The number of hydrogen-bond donors (Lipinski definition) is 0. The van der Waals surface area contributed by atoms with Crippen LogP contribution >= 0.6 is 0 Å². The predicted molar refractivity (Wildman–Crippen MR) is 103 cm³/mol. The summed E-state index contributed by atoms with van der Waals surface area (Å²) in [4.78, 5) is 11.4. The van der Waals surface area contributed by atoms with E-state index in [9.17, 15) is 9.90 Å². The van der Waals surface area contributed by atoms with Crippen LogP contribution in [0.2, 0.25) is 0 Å². The van der Waals surface area contributed by atoms with Crippen LogP contribution in [0.5, 0.6) is 0 Å². The van der Waals surface area contributed by atoms with Gasteiger partial charge in [0.2, 0.25) is 0 Å². The zero-order valence-corrected chi connectivity index (χ0v) is 16.8. The largest absolute Gasteiger partial charge is 0.550 e. The highest BCUT2D eigenvalue weighted by molar-refractivity contribution is 5.67. The van der Waals surface area contributed by atoms with Crippen LogP contribution in [0.25, 0.3) is 0 Å². The van der Waals surface area contributed by atoms with Crippen molar-refractivity contribution in [1.29, 1.82) is 0 Å². The zero-order chi connectivity index (χ0) is 18.0. The topological polar surface area (TPSA) is 40.1 Å². The lowest BCUT2D eigenvalue weighted by molar-refractivity contribution is -0.312. The number of aliphatic carboxylic acids is 1. The van der Waals surface area contributed by atoms with E-state index >= 15 is 0 Å². The minimum atomic E-state index is -0.819. The molecule has 0 amide bonds. The summed E-state index contributed by atoms with van der Waals surface area (Å²) in [5.74, 6) is -0.474. The minimum Gasteiger partial charge on any atom is -0.550 e. The Kier molecular flexibility index (Phi) is 16.9. The van der Waals surface area contributed by atoms with Gasteiger partial charge in [0, 0.05) is 5.97 Å². The molecule has 0 spiro atoms. The molecule has 24 heavy (non-hydrogen) atoms. The Balaban J connectivity index is 3.72. The van der Waals surface area contributed by atoms with Gasteiger partial charge < -0.3 is 9.90 Å². The fourth-order valence-corrected chi connectivity index (χ4v) is 3.59. The Morgan fingerprint density at radius 1 is 0.708 bits per heavy atom.